The van der Waals surface area contributed by atoms with Gasteiger partial charge in [0, 0.05) is 11.7 Å². The molecule has 0 aliphatic heterocycles. The number of anilines is 2. The molecule has 116 valence electrons. The zero-order valence-electron chi connectivity index (χ0n) is 12.5. The molecular weight excluding hydrogens is 271 g/mol. The van der Waals surface area contributed by atoms with Crippen molar-refractivity contribution in [1.82, 2.24) is 0 Å². The summed E-state index contributed by atoms with van der Waals surface area (Å²) in [7, 11) is 0. The van der Waals surface area contributed by atoms with Gasteiger partial charge in [-0.25, -0.2) is 9.18 Å². The Kier molecular flexibility index (Phi) is 4.70. The number of hydrogen-bond acceptors (Lipinski definition) is 3. The molecule has 2 unspecified atom stereocenters. The van der Waals surface area contributed by atoms with Crippen molar-refractivity contribution in [3.05, 3.63) is 23.5 Å². The summed E-state index contributed by atoms with van der Waals surface area (Å²) in [6, 6.07) is 2.57. The fourth-order valence-electron chi connectivity index (χ4n) is 3.22. The molecule has 2 rings (SSSR count). The Bertz CT molecular complexity index is 531. The number of carboxylic acids is 1. The van der Waals surface area contributed by atoms with Gasteiger partial charge in [0.2, 0.25) is 0 Å². The Morgan fingerprint density at radius 3 is 2.67 bits per heavy atom. The Labute approximate surface area is 124 Å². The highest BCUT2D eigenvalue weighted by atomic mass is 19.1. The maximum Gasteiger partial charge on any atom is 0.337 e. The molecule has 0 spiro atoms. The van der Waals surface area contributed by atoms with Crippen molar-refractivity contribution in [2.75, 3.05) is 11.1 Å². The normalized spacial score (nSPS) is 22.3. The van der Waals surface area contributed by atoms with E-state index >= 15 is 0 Å². The summed E-state index contributed by atoms with van der Waals surface area (Å²) in [5.41, 5.74) is 5.68. The van der Waals surface area contributed by atoms with E-state index in [0.29, 0.717) is 11.8 Å². The van der Waals surface area contributed by atoms with Crippen molar-refractivity contribution >= 4 is 17.3 Å². The third-order valence-electron chi connectivity index (χ3n) is 4.39. The number of nitrogens with two attached hydrogens (primary N) is 1. The molecule has 2 atom stereocenters. The predicted octanol–water partition coefficient (Wildman–Crippen LogP) is 3.73. The van der Waals surface area contributed by atoms with E-state index in [9.17, 15) is 9.18 Å². The first-order valence-corrected chi connectivity index (χ1v) is 7.49. The minimum Gasteiger partial charge on any atom is -0.478 e. The Morgan fingerprint density at radius 1 is 1.38 bits per heavy atom. The molecule has 1 aromatic carbocycles. The molecule has 0 bridgehead atoms. The van der Waals surface area contributed by atoms with Crippen LogP contribution >= 0.6 is 0 Å². The lowest BCUT2D eigenvalue weighted by Crippen LogP contribution is -2.35. The lowest BCUT2D eigenvalue weighted by Gasteiger charge is -2.35. The average Bonchev–Trinajstić information content (AvgIpc) is 2.41. The fraction of sp³-hybridized carbons (Fsp3) is 0.562. The molecule has 0 heterocycles. The standard InChI is InChI=1S/C16H23FN2O2/c1-9(2)10-5-3-4-6-14(10)19-15-7-11(16(20)21)13(18)8-12(15)17/h7-10,14,19H,3-6,18H2,1-2H3,(H,20,21). The maximum atomic E-state index is 14.0. The van der Waals surface area contributed by atoms with E-state index < -0.39 is 11.8 Å². The number of rotatable bonds is 4. The quantitative estimate of drug-likeness (QED) is 0.740. The van der Waals surface area contributed by atoms with Gasteiger partial charge in [0.1, 0.15) is 5.82 Å². The predicted molar refractivity (Wildman–Crippen MR) is 82.0 cm³/mol. The van der Waals surface area contributed by atoms with Gasteiger partial charge in [-0.05, 0) is 36.8 Å². The number of carbonyl (C=O) groups is 1. The van der Waals surface area contributed by atoms with E-state index in [1.807, 2.05) is 0 Å². The molecule has 21 heavy (non-hydrogen) atoms. The monoisotopic (exact) mass is 294 g/mol. The van der Waals surface area contributed by atoms with Crippen LogP contribution in [0.1, 0.15) is 49.9 Å². The molecule has 1 aromatic rings. The summed E-state index contributed by atoms with van der Waals surface area (Å²) in [4.78, 5) is 11.1. The molecule has 0 radical (unpaired) electrons. The summed E-state index contributed by atoms with van der Waals surface area (Å²) in [6.07, 6.45) is 4.42. The summed E-state index contributed by atoms with van der Waals surface area (Å²) < 4.78 is 14.0. The number of halogens is 1. The number of nitrogen functional groups attached to an aromatic ring is 1. The Balaban J connectivity index is 2.25. The fourth-order valence-corrected chi connectivity index (χ4v) is 3.22. The van der Waals surface area contributed by atoms with Crippen LogP contribution in [-0.4, -0.2) is 17.1 Å². The van der Waals surface area contributed by atoms with Crippen LogP contribution in [0.4, 0.5) is 15.8 Å². The third-order valence-corrected chi connectivity index (χ3v) is 4.39. The maximum absolute atomic E-state index is 14.0. The Hall–Kier alpha value is -1.78. The minimum atomic E-state index is -1.14. The first-order chi connectivity index (χ1) is 9.90. The molecule has 1 aliphatic carbocycles. The van der Waals surface area contributed by atoms with E-state index in [1.54, 1.807) is 0 Å². The lowest BCUT2D eigenvalue weighted by molar-refractivity contribution is 0.0698. The summed E-state index contributed by atoms with van der Waals surface area (Å²) in [6.45, 7) is 4.35. The first kappa shape index (κ1) is 15.6. The van der Waals surface area contributed by atoms with Crippen molar-refractivity contribution in [3.8, 4) is 0 Å². The smallest absolute Gasteiger partial charge is 0.337 e. The van der Waals surface area contributed by atoms with Crippen LogP contribution in [-0.2, 0) is 0 Å². The van der Waals surface area contributed by atoms with Crippen LogP contribution in [0.15, 0.2) is 12.1 Å². The molecule has 5 heteroatoms. The van der Waals surface area contributed by atoms with E-state index in [-0.39, 0.29) is 23.0 Å². The van der Waals surface area contributed by atoms with Gasteiger partial charge in [-0.3, -0.25) is 0 Å². The molecule has 0 aromatic heterocycles. The molecule has 4 N–H and O–H groups in total. The minimum absolute atomic E-state index is 0.0467. The Morgan fingerprint density at radius 2 is 2.05 bits per heavy atom. The van der Waals surface area contributed by atoms with Gasteiger partial charge in [0.05, 0.1) is 11.3 Å². The van der Waals surface area contributed by atoms with E-state index in [0.717, 1.165) is 25.3 Å². The molecule has 1 aliphatic rings. The largest absolute Gasteiger partial charge is 0.478 e. The topological polar surface area (TPSA) is 75.3 Å². The van der Waals surface area contributed by atoms with Gasteiger partial charge >= 0.3 is 5.97 Å². The summed E-state index contributed by atoms with van der Waals surface area (Å²) in [5, 5.41) is 12.3. The third kappa shape index (κ3) is 3.46. The molecule has 1 fully saturated rings. The number of carboxylic acid groups (broad SMARTS) is 1. The van der Waals surface area contributed by atoms with Crippen LogP contribution in [0, 0.1) is 17.7 Å². The zero-order valence-corrected chi connectivity index (χ0v) is 12.5. The molecule has 1 saturated carbocycles. The van der Waals surface area contributed by atoms with Gasteiger partial charge in [-0.1, -0.05) is 26.7 Å². The number of nitrogens with one attached hydrogen (secondary N) is 1. The van der Waals surface area contributed by atoms with E-state index in [2.05, 4.69) is 19.2 Å². The summed E-state index contributed by atoms with van der Waals surface area (Å²) in [5.74, 6) is -0.646. The molecule has 0 amide bonds. The van der Waals surface area contributed by atoms with Crippen molar-refractivity contribution in [1.29, 1.82) is 0 Å². The lowest BCUT2D eigenvalue weighted by atomic mass is 9.77. The van der Waals surface area contributed by atoms with Crippen LogP contribution in [0.2, 0.25) is 0 Å². The average molecular weight is 294 g/mol. The van der Waals surface area contributed by atoms with Gasteiger partial charge in [-0.2, -0.15) is 0 Å². The van der Waals surface area contributed by atoms with Crippen molar-refractivity contribution in [2.45, 2.75) is 45.6 Å². The highest BCUT2D eigenvalue weighted by Crippen LogP contribution is 2.33. The molecule has 0 saturated heterocycles. The van der Waals surface area contributed by atoms with Crippen LogP contribution < -0.4 is 11.1 Å². The van der Waals surface area contributed by atoms with E-state index in [4.69, 9.17) is 10.8 Å². The summed E-state index contributed by atoms with van der Waals surface area (Å²) >= 11 is 0. The van der Waals surface area contributed by atoms with Gasteiger partial charge in [-0.15, -0.1) is 0 Å². The van der Waals surface area contributed by atoms with Crippen molar-refractivity contribution in [2.24, 2.45) is 11.8 Å². The second kappa shape index (κ2) is 6.33. The highest BCUT2D eigenvalue weighted by molar-refractivity contribution is 5.94. The van der Waals surface area contributed by atoms with Crippen LogP contribution in [0.5, 0.6) is 0 Å². The number of aromatic carboxylic acids is 1. The first-order valence-electron chi connectivity index (χ1n) is 7.49. The van der Waals surface area contributed by atoms with Crippen LogP contribution in [0.3, 0.4) is 0 Å². The second-order valence-electron chi connectivity index (χ2n) is 6.17. The van der Waals surface area contributed by atoms with Crippen molar-refractivity contribution < 1.29 is 14.3 Å². The van der Waals surface area contributed by atoms with Gasteiger partial charge in [0.15, 0.2) is 0 Å². The zero-order chi connectivity index (χ0) is 15.6. The van der Waals surface area contributed by atoms with E-state index in [1.165, 1.54) is 12.5 Å². The molecular formula is C16H23FN2O2. The SMILES string of the molecule is CC(C)C1CCCCC1Nc1cc(C(=O)O)c(N)cc1F. The van der Waals surface area contributed by atoms with Gasteiger partial charge < -0.3 is 16.2 Å². The van der Waals surface area contributed by atoms with Gasteiger partial charge in [0.25, 0.3) is 0 Å². The second-order valence-corrected chi connectivity index (χ2v) is 6.17. The van der Waals surface area contributed by atoms with Crippen LogP contribution in [0.25, 0.3) is 0 Å². The molecule has 4 nitrogen and oxygen atoms in total. The number of hydrogen-bond donors (Lipinski definition) is 3. The highest BCUT2D eigenvalue weighted by Gasteiger charge is 2.28. The number of benzene rings is 1. The van der Waals surface area contributed by atoms with Crippen molar-refractivity contribution in [3.63, 3.8) is 0 Å².